The molecule has 74 valence electrons. The highest BCUT2D eigenvalue weighted by Gasteiger charge is 2.23. The van der Waals surface area contributed by atoms with E-state index in [9.17, 15) is 9.18 Å². The molecule has 1 heterocycles. The standard InChI is InChI=1S/C10H11FN2O/c11-7-3-4-9(8(12)6-7)13-5-1-2-10(13)14/h3-4,6H,1-2,5,12H2. The molecule has 3 nitrogen and oxygen atoms in total. The molecule has 4 heteroatoms. The predicted molar refractivity (Wildman–Crippen MR) is 52.4 cm³/mol. The first kappa shape index (κ1) is 8.99. The molecular weight excluding hydrogens is 183 g/mol. The average molecular weight is 194 g/mol. The molecule has 14 heavy (non-hydrogen) atoms. The molecule has 2 rings (SSSR count). The molecule has 0 radical (unpaired) electrons. The topological polar surface area (TPSA) is 46.3 Å². The van der Waals surface area contributed by atoms with Crippen LogP contribution in [0.15, 0.2) is 18.2 Å². The van der Waals surface area contributed by atoms with E-state index in [4.69, 9.17) is 5.73 Å². The summed E-state index contributed by atoms with van der Waals surface area (Å²) < 4.78 is 12.7. The van der Waals surface area contributed by atoms with Crippen LogP contribution in [-0.4, -0.2) is 12.5 Å². The molecule has 1 aromatic rings. The monoisotopic (exact) mass is 194 g/mol. The van der Waals surface area contributed by atoms with Gasteiger partial charge in [0, 0.05) is 13.0 Å². The average Bonchev–Trinajstić information content (AvgIpc) is 2.52. The van der Waals surface area contributed by atoms with Gasteiger partial charge in [-0.05, 0) is 24.6 Å². The number of carbonyl (C=O) groups excluding carboxylic acids is 1. The summed E-state index contributed by atoms with van der Waals surface area (Å²) in [7, 11) is 0. The fraction of sp³-hybridized carbons (Fsp3) is 0.300. The van der Waals surface area contributed by atoms with Crippen LogP contribution in [0.5, 0.6) is 0 Å². The summed E-state index contributed by atoms with van der Waals surface area (Å²) >= 11 is 0. The van der Waals surface area contributed by atoms with Gasteiger partial charge in [-0.2, -0.15) is 0 Å². The Morgan fingerprint density at radius 2 is 2.21 bits per heavy atom. The van der Waals surface area contributed by atoms with E-state index in [-0.39, 0.29) is 11.7 Å². The number of carbonyl (C=O) groups is 1. The lowest BCUT2D eigenvalue weighted by Crippen LogP contribution is -2.24. The zero-order valence-corrected chi connectivity index (χ0v) is 7.66. The van der Waals surface area contributed by atoms with Crippen LogP contribution in [0.4, 0.5) is 15.8 Å². The third-order valence-electron chi connectivity index (χ3n) is 2.35. The van der Waals surface area contributed by atoms with Crippen molar-refractivity contribution in [3.8, 4) is 0 Å². The fourth-order valence-corrected chi connectivity index (χ4v) is 1.67. The molecule has 0 bridgehead atoms. The predicted octanol–water partition coefficient (Wildman–Crippen LogP) is 1.53. The Hall–Kier alpha value is -1.58. The molecule has 1 amide bonds. The molecule has 0 atom stereocenters. The minimum absolute atomic E-state index is 0.0586. The summed E-state index contributed by atoms with van der Waals surface area (Å²) in [6.07, 6.45) is 1.40. The van der Waals surface area contributed by atoms with Crippen molar-refractivity contribution in [2.45, 2.75) is 12.8 Å². The van der Waals surface area contributed by atoms with Gasteiger partial charge < -0.3 is 10.6 Å². The number of amides is 1. The van der Waals surface area contributed by atoms with E-state index in [2.05, 4.69) is 0 Å². The van der Waals surface area contributed by atoms with E-state index >= 15 is 0 Å². The maximum Gasteiger partial charge on any atom is 0.227 e. The molecule has 1 fully saturated rings. The molecule has 0 unspecified atom stereocenters. The summed E-state index contributed by atoms with van der Waals surface area (Å²) in [5, 5.41) is 0. The van der Waals surface area contributed by atoms with Crippen molar-refractivity contribution < 1.29 is 9.18 Å². The molecule has 2 N–H and O–H groups in total. The first-order valence-corrected chi connectivity index (χ1v) is 4.54. The van der Waals surface area contributed by atoms with E-state index < -0.39 is 0 Å². The highest BCUT2D eigenvalue weighted by molar-refractivity contribution is 5.98. The molecule has 0 spiro atoms. The number of nitrogens with two attached hydrogens (primary N) is 1. The minimum Gasteiger partial charge on any atom is -0.397 e. The maximum absolute atomic E-state index is 12.7. The van der Waals surface area contributed by atoms with Crippen molar-refractivity contribution in [1.29, 1.82) is 0 Å². The lowest BCUT2D eigenvalue weighted by atomic mass is 10.2. The lowest BCUT2D eigenvalue weighted by molar-refractivity contribution is -0.117. The third kappa shape index (κ3) is 1.43. The van der Waals surface area contributed by atoms with E-state index in [1.165, 1.54) is 12.1 Å². The van der Waals surface area contributed by atoms with Gasteiger partial charge in [0.2, 0.25) is 5.91 Å². The van der Waals surface area contributed by atoms with Crippen molar-refractivity contribution in [2.24, 2.45) is 0 Å². The largest absolute Gasteiger partial charge is 0.397 e. The molecular formula is C10H11FN2O. The lowest BCUT2D eigenvalue weighted by Gasteiger charge is -2.17. The smallest absolute Gasteiger partial charge is 0.227 e. The zero-order chi connectivity index (χ0) is 10.1. The molecule has 1 aromatic carbocycles. The summed E-state index contributed by atoms with van der Waals surface area (Å²) in [4.78, 5) is 13.0. The molecule has 1 aliphatic rings. The van der Waals surface area contributed by atoms with Crippen molar-refractivity contribution in [2.75, 3.05) is 17.2 Å². The van der Waals surface area contributed by atoms with Gasteiger partial charge in [0.15, 0.2) is 0 Å². The number of rotatable bonds is 1. The van der Waals surface area contributed by atoms with E-state index in [0.717, 1.165) is 6.42 Å². The third-order valence-corrected chi connectivity index (χ3v) is 2.35. The second-order valence-electron chi connectivity index (χ2n) is 3.35. The number of nitrogens with zero attached hydrogens (tertiary/aromatic N) is 1. The first-order valence-electron chi connectivity index (χ1n) is 4.54. The van der Waals surface area contributed by atoms with E-state index in [0.29, 0.717) is 24.3 Å². The number of hydrogen-bond acceptors (Lipinski definition) is 2. The van der Waals surface area contributed by atoms with Gasteiger partial charge in [-0.25, -0.2) is 4.39 Å². The van der Waals surface area contributed by atoms with E-state index in [1.807, 2.05) is 0 Å². The number of nitrogen functional groups attached to an aromatic ring is 1. The summed E-state index contributed by atoms with van der Waals surface area (Å²) in [6, 6.07) is 4.10. The van der Waals surface area contributed by atoms with Crippen LogP contribution in [0.1, 0.15) is 12.8 Å². The zero-order valence-electron chi connectivity index (χ0n) is 7.66. The van der Waals surface area contributed by atoms with Crippen LogP contribution in [0.25, 0.3) is 0 Å². The Bertz CT molecular complexity index is 378. The van der Waals surface area contributed by atoms with E-state index in [1.54, 1.807) is 11.0 Å². The quantitative estimate of drug-likeness (QED) is 0.689. The Balaban J connectivity index is 2.36. The molecule has 0 saturated carbocycles. The van der Waals surface area contributed by atoms with Gasteiger partial charge in [0.1, 0.15) is 5.82 Å². The van der Waals surface area contributed by atoms with Crippen LogP contribution in [0, 0.1) is 5.82 Å². The second kappa shape index (κ2) is 3.29. The normalized spacial score (nSPS) is 16.4. The highest BCUT2D eigenvalue weighted by atomic mass is 19.1. The number of hydrogen-bond donors (Lipinski definition) is 1. The van der Waals surface area contributed by atoms with Gasteiger partial charge >= 0.3 is 0 Å². The number of benzene rings is 1. The van der Waals surface area contributed by atoms with Crippen LogP contribution in [-0.2, 0) is 4.79 Å². The molecule has 1 saturated heterocycles. The molecule has 0 aliphatic carbocycles. The van der Waals surface area contributed by atoms with Gasteiger partial charge in [-0.1, -0.05) is 0 Å². The van der Waals surface area contributed by atoms with Crippen molar-refractivity contribution in [1.82, 2.24) is 0 Å². The molecule has 1 aliphatic heterocycles. The van der Waals surface area contributed by atoms with Crippen LogP contribution in [0.2, 0.25) is 0 Å². The van der Waals surface area contributed by atoms with Crippen LogP contribution in [0.3, 0.4) is 0 Å². The Labute approximate surface area is 81.3 Å². The van der Waals surface area contributed by atoms with Crippen molar-refractivity contribution >= 4 is 17.3 Å². The second-order valence-corrected chi connectivity index (χ2v) is 3.35. The Morgan fingerprint density at radius 1 is 1.43 bits per heavy atom. The number of anilines is 2. The summed E-state index contributed by atoms with van der Waals surface area (Å²) in [5.41, 5.74) is 6.57. The Kier molecular flexibility index (Phi) is 2.11. The van der Waals surface area contributed by atoms with Crippen LogP contribution < -0.4 is 10.6 Å². The maximum atomic E-state index is 12.7. The van der Waals surface area contributed by atoms with Crippen molar-refractivity contribution in [3.05, 3.63) is 24.0 Å². The first-order chi connectivity index (χ1) is 6.68. The number of halogens is 1. The Morgan fingerprint density at radius 3 is 2.79 bits per heavy atom. The van der Waals surface area contributed by atoms with Gasteiger partial charge in [-0.15, -0.1) is 0 Å². The molecule has 0 aromatic heterocycles. The summed E-state index contributed by atoms with van der Waals surface area (Å²) in [5.74, 6) is -0.318. The summed E-state index contributed by atoms with van der Waals surface area (Å²) in [6.45, 7) is 0.675. The van der Waals surface area contributed by atoms with Gasteiger partial charge in [-0.3, -0.25) is 4.79 Å². The fourth-order valence-electron chi connectivity index (χ4n) is 1.67. The van der Waals surface area contributed by atoms with Crippen molar-refractivity contribution in [3.63, 3.8) is 0 Å². The minimum atomic E-state index is -0.377. The van der Waals surface area contributed by atoms with Gasteiger partial charge in [0.05, 0.1) is 11.4 Å². The van der Waals surface area contributed by atoms with Crippen LogP contribution >= 0.6 is 0 Å². The van der Waals surface area contributed by atoms with Gasteiger partial charge in [0.25, 0.3) is 0 Å². The highest BCUT2D eigenvalue weighted by Crippen LogP contribution is 2.27. The SMILES string of the molecule is Nc1cc(F)ccc1N1CCCC1=O.